The molecule has 0 aliphatic carbocycles. The Balaban J connectivity index is 1.90. The van der Waals surface area contributed by atoms with Crippen molar-refractivity contribution in [3.8, 4) is 5.75 Å². The van der Waals surface area contributed by atoms with Crippen LogP contribution in [-0.2, 0) is 10.2 Å². The molecule has 0 bridgehead atoms. The number of carbonyl (C=O) groups excluding carboxylic acids is 2. The summed E-state index contributed by atoms with van der Waals surface area (Å²) in [6.07, 6.45) is -0.976. The van der Waals surface area contributed by atoms with Gasteiger partial charge in [-0.1, -0.05) is 45.0 Å². The van der Waals surface area contributed by atoms with Crippen LogP contribution in [0.3, 0.4) is 0 Å². The zero-order valence-corrected chi connectivity index (χ0v) is 15.3. The molecule has 1 atom stereocenters. The molecule has 0 saturated carbocycles. The highest BCUT2D eigenvalue weighted by Gasteiger charge is 2.18. The maximum atomic E-state index is 13.5. The summed E-state index contributed by atoms with van der Waals surface area (Å²) in [4.78, 5) is 24.1. The van der Waals surface area contributed by atoms with E-state index in [-0.39, 0.29) is 11.2 Å². The molecule has 0 unspecified atom stereocenters. The first kappa shape index (κ1) is 19.4. The minimum Gasteiger partial charge on any atom is -0.478 e. The summed E-state index contributed by atoms with van der Waals surface area (Å²) in [6.45, 7) is 7.71. The molecule has 0 radical (unpaired) electrons. The quantitative estimate of drug-likeness (QED) is 0.824. The van der Waals surface area contributed by atoms with Crippen molar-refractivity contribution < 1.29 is 18.7 Å². The van der Waals surface area contributed by atoms with Gasteiger partial charge in [0.2, 0.25) is 0 Å². The minimum atomic E-state index is -0.976. The Morgan fingerprint density at radius 3 is 2.19 bits per heavy atom. The van der Waals surface area contributed by atoms with Crippen molar-refractivity contribution in [1.29, 1.82) is 0 Å². The summed E-state index contributed by atoms with van der Waals surface area (Å²) in [5, 5.41) is 0. The van der Waals surface area contributed by atoms with Gasteiger partial charge in [0, 0.05) is 5.56 Å². The van der Waals surface area contributed by atoms with Gasteiger partial charge in [0.1, 0.15) is 0 Å². The summed E-state index contributed by atoms with van der Waals surface area (Å²) in [7, 11) is 0. The van der Waals surface area contributed by atoms with E-state index in [0.717, 1.165) is 5.56 Å². The molecule has 2 rings (SSSR count). The summed E-state index contributed by atoms with van der Waals surface area (Å²) in [5.74, 6) is -1.63. The topological polar surface area (TPSA) is 67.4 Å². The Kier molecular flexibility index (Phi) is 5.97. The van der Waals surface area contributed by atoms with E-state index in [1.54, 1.807) is 18.2 Å². The van der Waals surface area contributed by atoms with Crippen molar-refractivity contribution in [2.24, 2.45) is 0 Å². The van der Waals surface area contributed by atoms with Gasteiger partial charge in [-0.2, -0.15) is 0 Å². The number of nitrogens with one attached hydrogen (secondary N) is 2. The highest BCUT2D eigenvalue weighted by atomic mass is 19.1. The lowest BCUT2D eigenvalue weighted by Crippen LogP contribution is -2.47. The second-order valence-electron chi connectivity index (χ2n) is 6.96. The molecule has 0 aromatic heterocycles. The SMILES string of the molecule is C[C@H](Oc1ccccc1F)C(=O)NNC(=O)c1ccc(C(C)(C)C)cc1. The van der Waals surface area contributed by atoms with Crippen LogP contribution in [0.25, 0.3) is 0 Å². The van der Waals surface area contributed by atoms with Gasteiger partial charge in [0.25, 0.3) is 11.8 Å². The van der Waals surface area contributed by atoms with E-state index in [4.69, 9.17) is 4.74 Å². The average molecular weight is 358 g/mol. The lowest BCUT2D eigenvalue weighted by Gasteiger charge is -2.19. The zero-order chi connectivity index (χ0) is 19.3. The van der Waals surface area contributed by atoms with Crippen LogP contribution in [0.1, 0.15) is 43.6 Å². The van der Waals surface area contributed by atoms with Crippen molar-refractivity contribution in [1.82, 2.24) is 10.9 Å². The second kappa shape index (κ2) is 7.99. The Hall–Kier alpha value is -2.89. The first-order chi connectivity index (χ1) is 12.2. The van der Waals surface area contributed by atoms with Crippen LogP contribution in [0.4, 0.5) is 4.39 Å². The third-order valence-corrected chi connectivity index (χ3v) is 3.82. The van der Waals surface area contributed by atoms with Crippen LogP contribution >= 0.6 is 0 Å². The predicted molar refractivity (Wildman–Crippen MR) is 97.2 cm³/mol. The zero-order valence-electron chi connectivity index (χ0n) is 15.3. The van der Waals surface area contributed by atoms with E-state index < -0.39 is 23.7 Å². The van der Waals surface area contributed by atoms with Crippen LogP contribution in [0.15, 0.2) is 48.5 Å². The van der Waals surface area contributed by atoms with Gasteiger partial charge in [0.15, 0.2) is 17.7 Å². The Labute approximate surface area is 152 Å². The van der Waals surface area contributed by atoms with E-state index in [1.165, 1.54) is 25.1 Å². The molecule has 2 aromatic carbocycles. The van der Waals surface area contributed by atoms with Gasteiger partial charge in [-0.25, -0.2) is 4.39 Å². The van der Waals surface area contributed by atoms with E-state index >= 15 is 0 Å². The van der Waals surface area contributed by atoms with E-state index in [1.807, 2.05) is 12.1 Å². The first-order valence-corrected chi connectivity index (χ1v) is 8.30. The van der Waals surface area contributed by atoms with Gasteiger partial charge in [-0.15, -0.1) is 0 Å². The number of amides is 2. The maximum absolute atomic E-state index is 13.5. The molecular formula is C20H23FN2O3. The van der Waals surface area contributed by atoms with Crippen LogP contribution in [0.2, 0.25) is 0 Å². The van der Waals surface area contributed by atoms with E-state index in [2.05, 4.69) is 31.6 Å². The van der Waals surface area contributed by atoms with Gasteiger partial charge >= 0.3 is 0 Å². The minimum absolute atomic E-state index is 0.0112. The Morgan fingerprint density at radius 1 is 1.00 bits per heavy atom. The molecule has 0 spiro atoms. The molecule has 2 N–H and O–H groups in total. The number of carbonyl (C=O) groups is 2. The molecule has 6 heteroatoms. The van der Waals surface area contributed by atoms with Gasteiger partial charge in [0.05, 0.1) is 0 Å². The van der Waals surface area contributed by atoms with Crippen LogP contribution in [0.5, 0.6) is 5.75 Å². The molecule has 0 aliphatic rings. The largest absolute Gasteiger partial charge is 0.478 e. The standard InChI is InChI=1S/C20H23FN2O3/c1-13(26-17-8-6-5-7-16(17)21)18(24)22-23-19(25)14-9-11-15(12-10-14)20(2,3)4/h5-13H,1-4H3,(H,22,24)(H,23,25)/t13-/m0/s1. The third kappa shape index (κ3) is 5.05. The smallest absolute Gasteiger partial charge is 0.279 e. The number of rotatable bonds is 4. The molecule has 0 aliphatic heterocycles. The number of hydrazine groups is 1. The fraction of sp³-hybridized carbons (Fsp3) is 0.300. The number of halogens is 1. The van der Waals surface area contributed by atoms with Crippen molar-refractivity contribution >= 4 is 11.8 Å². The average Bonchev–Trinajstić information content (AvgIpc) is 2.60. The van der Waals surface area contributed by atoms with Crippen molar-refractivity contribution in [2.75, 3.05) is 0 Å². The van der Waals surface area contributed by atoms with Crippen molar-refractivity contribution in [2.45, 2.75) is 39.2 Å². The molecule has 0 fully saturated rings. The Bertz CT molecular complexity index is 782. The number of benzene rings is 2. The molecule has 0 saturated heterocycles. The van der Waals surface area contributed by atoms with Crippen LogP contribution < -0.4 is 15.6 Å². The summed E-state index contributed by atoms with van der Waals surface area (Å²) in [5.41, 5.74) is 6.11. The van der Waals surface area contributed by atoms with E-state index in [0.29, 0.717) is 5.56 Å². The summed E-state index contributed by atoms with van der Waals surface area (Å²) >= 11 is 0. The second-order valence-corrected chi connectivity index (χ2v) is 6.96. The van der Waals surface area contributed by atoms with Crippen LogP contribution in [0, 0.1) is 5.82 Å². The fourth-order valence-electron chi connectivity index (χ4n) is 2.20. The molecule has 138 valence electrons. The maximum Gasteiger partial charge on any atom is 0.279 e. The highest BCUT2D eigenvalue weighted by Crippen LogP contribution is 2.22. The van der Waals surface area contributed by atoms with Crippen molar-refractivity contribution in [3.05, 3.63) is 65.5 Å². The number of hydrogen-bond donors (Lipinski definition) is 2. The summed E-state index contributed by atoms with van der Waals surface area (Å²) < 4.78 is 18.8. The number of ether oxygens (including phenoxy) is 1. The normalized spacial score (nSPS) is 12.2. The predicted octanol–water partition coefficient (Wildman–Crippen LogP) is 3.35. The molecule has 26 heavy (non-hydrogen) atoms. The molecule has 2 aromatic rings. The fourth-order valence-corrected chi connectivity index (χ4v) is 2.20. The van der Waals surface area contributed by atoms with Gasteiger partial charge in [-0.3, -0.25) is 20.4 Å². The lowest BCUT2D eigenvalue weighted by molar-refractivity contribution is -0.128. The number of para-hydroxylation sites is 1. The van der Waals surface area contributed by atoms with Crippen LogP contribution in [-0.4, -0.2) is 17.9 Å². The van der Waals surface area contributed by atoms with E-state index in [9.17, 15) is 14.0 Å². The van der Waals surface area contributed by atoms with Crippen molar-refractivity contribution in [3.63, 3.8) is 0 Å². The lowest BCUT2D eigenvalue weighted by atomic mass is 9.87. The summed E-state index contributed by atoms with van der Waals surface area (Å²) in [6, 6.07) is 12.9. The first-order valence-electron chi connectivity index (χ1n) is 8.30. The van der Waals surface area contributed by atoms with Gasteiger partial charge in [-0.05, 0) is 42.2 Å². The molecule has 0 heterocycles. The Morgan fingerprint density at radius 2 is 1.62 bits per heavy atom. The highest BCUT2D eigenvalue weighted by molar-refractivity contribution is 5.95. The molecule has 5 nitrogen and oxygen atoms in total. The monoisotopic (exact) mass is 358 g/mol. The third-order valence-electron chi connectivity index (χ3n) is 3.82. The number of hydrogen-bond acceptors (Lipinski definition) is 3. The molecular weight excluding hydrogens is 335 g/mol. The van der Waals surface area contributed by atoms with Gasteiger partial charge < -0.3 is 4.74 Å². The molecule has 2 amide bonds.